The average molecular weight is 237 g/mol. The molecule has 0 aliphatic heterocycles. The number of hydrogen-bond donors (Lipinski definition) is 2. The van der Waals surface area contributed by atoms with Crippen LogP contribution in [0.5, 0.6) is 5.75 Å². The molecular weight excluding hydrogens is 218 g/mol. The largest absolute Gasteiger partial charge is 0.490 e. The lowest BCUT2D eigenvalue weighted by Gasteiger charge is -2.19. The number of aryl methyl sites for hydroxylation is 1. The Labute approximate surface area is 101 Å². The van der Waals surface area contributed by atoms with Gasteiger partial charge in [0.15, 0.2) is 0 Å². The van der Waals surface area contributed by atoms with Crippen LogP contribution in [0.4, 0.5) is 5.69 Å². The van der Waals surface area contributed by atoms with Crippen LogP contribution in [0.2, 0.25) is 0 Å². The maximum Gasteiger partial charge on any atom is 0.337 e. The van der Waals surface area contributed by atoms with Gasteiger partial charge < -0.3 is 15.6 Å². The van der Waals surface area contributed by atoms with Crippen molar-refractivity contribution in [2.24, 2.45) is 5.92 Å². The van der Waals surface area contributed by atoms with Crippen molar-refractivity contribution in [3.05, 3.63) is 23.3 Å². The second-order valence-electron chi connectivity index (χ2n) is 4.57. The Hall–Kier alpha value is -1.71. The minimum Gasteiger partial charge on any atom is -0.490 e. The van der Waals surface area contributed by atoms with E-state index in [-0.39, 0.29) is 11.7 Å². The summed E-state index contributed by atoms with van der Waals surface area (Å²) in [5.41, 5.74) is 6.81. The zero-order chi connectivity index (χ0) is 13.2. The summed E-state index contributed by atoms with van der Waals surface area (Å²) in [6.07, 6.45) is 0.0275. The Balaban J connectivity index is 3.07. The van der Waals surface area contributed by atoms with E-state index in [9.17, 15) is 4.79 Å². The number of carboxylic acids is 1. The van der Waals surface area contributed by atoms with Crippen molar-refractivity contribution in [3.8, 4) is 5.75 Å². The predicted molar refractivity (Wildman–Crippen MR) is 67.5 cm³/mol. The number of carbonyl (C=O) groups is 1. The van der Waals surface area contributed by atoms with Gasteiger partial charge in [0, 0.05) is 5.69 Å². The van der Waals surface area contributed by atoms with Crippen LogP contribution in [0.15, 0.2) is 12.1 Å². The summed E-state index contributed by atoms with van der Waals surface area (Å²) in [5, 5.41) is 9.02. The summed E-state index contributed by atoms with van der Waals surface area (Å²) in [6.45, 7) is 7.82. The Morgan fingerprint density at radius 3 is 2.41 bits per heavy atom. The fourth-order valence-corrected chi connectivity index (χ4v) is 1.36. The molecule has 0 fully saturated rings. The Morgan fingerprint density at radius 2 is 1.94 bits per heavy atom. The number of aromatic carboxylic acids is 1. The lowest BCUT2D eigenvalue weighted by atomic mass is 10.1. The number of rotatable bonds is 4. The first-order valence-electron chi connectivity index (χ1n) is 5.63. The molecule has 0 spiro atoms. The predicted octanol–water partition coefficient (Wildman–Crippen LogP) is 2.70. The van der Waals surface area contributed by atoms with Gasteiger partial charge in [0.05, 0.1) is 11.7 Å². The molecule has 0 aromatic heterocycles. The molecule has 17 heavy (non-hydrogen) atoms. The summed E-state index contributed by atoms with van der Waals surface area (Å²) in [5.74, 6) is -0.121. The summed E-state index contributed by atoms with van der Waals surface area (Å²) in [7, 11) is 0. The molecule has 4 nitrogen and oxygen atoms in total. The molecule has 1 rings (SSSR count). The SMILES string of the molecule is Cc1cc(OC(C)C(C)C)cc(C(=O)O)c1N. The van der Waals surface area contributed by atoms with Gasteiger partial charge in [-0.15, -0.1) is 0 Å². The molecule has 1 atom stereocenters. The van der Waals surface area contributed by atoms with Crippen LogP contribution in [-0.4, -0.2) is 17.2 Å². The molecule has 94 valence electrons. The van der Waals surface area contributed by atoms with Crippen LogP contribution < -0.4 is 10.5 Å². The molecule has 0 saturated heterocycles. The minimum absolute atomic E-state index is 0.0275. The van der Waals surface area contributed by atoms with Gasteiger partial charge in [0.2, 0.25) is 0 Å². The molecule has 1 unspecified atom stereocenters. The number of ether oxygens (including phenoxy) is 1. The van der Waals surface area contributed by atoms with Crippen molar-refractivity contribution in [2.45, 2.75) is 33.8 Å². The van der Waals surface area contributed by atoms with E-state index in [4.69, 9.17) is 15.6 Å². The quantitative estimate of drug-likeness (QED) is 0.790. The highest BCUT2D eigenvalue weighted by atomic mass is 16.5. The van der Waals surface area contributed by atoms with E-state index in [2.05, 4.69) is 0 Å². The van der Waals surface area contributed by atoms with E-state index in [1.165, 1.54) is 6.07 Å². The number of hydrogen-bond acceptors (Lipinski definition) is 3. The first kappa shape index (κ1) is 13.4. The van der Waals surface area contributed by atoms with Crippen LogP contribution in [0.1, 0.15) is 36.7 Å². The van der Waals surface area contributed by atoms with Crippen LogP contribution in [0, 0.1) is 12.8 Å². The maximum atomic E-state index is 11.0. The topological polar surface area (TPSA) is 72.5 Å². The third-order valence-electron chi connectivity index (χ3n) is 2.85. The maximum absolute atomic E-state index is 11.0. The van der Waals surface area contributed by atoms with Gasteiger partial charge in [-0.1, -0.05) is 13.8 Å². The van der Waals surface area contributed by atoms with E-state index in [1.54, 1.807) is 13.0 Å². The zero-order valence-electron chi connectivity index (χ0n) is 10.7. The Morgan fingerprint density at radius 1 is 1.35 bits per heavy atom. The van der Waals surface area contributed by atoms with Crippen LogP contribution in [0.3, 0.4) is 0 Å². The van der Waals surface area contributed by atoms with Crippen molar-refractivity contribution in [1.82, 2.24) is 0 Å². The molecule has 0 radical (unpaired) electrons. The molecule has 0 aliphatic carbocycles. The lowest BCUT2D eigenvalue weighted by molar-refractivity contribution is 0.0697. The molecule has 0 bridgehead atoms. The number of nitrogens with two attached hydrogens (primary N) is 1. The molecule has 0 amide bonds. The molecular formula is C13H19NO3. The third-order valence-corrected chi connectivity index (χ3v) is 2.85. The Kier molecular flexibility index (Phi) is 3.99. The number of anilines is 1. The van der Waals surface area contributed by atoms with Crippen molar-refractivity contribution in [1.29, 1.82) is 0 Å². The van der Waals surface area contributed by atoms with Crippen molar-refractivity contribution in [3.63, 3.8) is 0 Å². The third kappa shape index (κ3) is 3.12. The van der Waals surface area contributed by atoms with E-state index in [0.717, 1.165) is 5.56 Å². The first-order chi connectivity index (χ1) is 7.82. The van der Waals surface area contributed by atoms with Gasteiger partial charge in [-0.25, -0.2) is 4.79 Å². The fourth-order valence-electron chi connectivity index (χ4n) is 1.36. The van der Waals surface area contributed by atoms with Gasteiger partial charge in [-0.2, -0.15) is 0 Å². The normalized spacial score (nSPS) is 12.5. The molecule has 1 aromatic rings. The van der Waals surface area contributed by atoms with E-state index >= 15 is 0 Å². The van der Waals surface area contributed by atoms with Gasteiger partial charge in [-0.05, 0) is 37.5 Å². The van der Waals surface area contributed by atoms with Crippen molar-refractivity contribution < 1.29 is 14.6 Å². The summed E-state index contributed by atoms with van der Waals surface area (Å²) < 4.78 is 5.68. The fraction of sp³-hybridized carbons (Fsp3) is 0.462. The molecule has 3 N–H and O–H groups in total. The van der Waals surface area contributed by atoms with Gasteiger partial charge in [0.1, 0.15) is 5.75 Å². The Bertz CT molecular complexity index is 427. The number of nitrogen functional groups attached to an aromatic ring is 1. The molecule has 0 aliphatic rings. The van der Waals surface area contributed by atoms with E-state index < -0.39 is 5.97 Å². The molecule has 0 heterocycles. The standard InChI is InChI=1S/C13H19NO3/c1-7(2)9(4)17-10-5-8(3)12(14)11(6-10)13(15)16/h5-7,9H,14H2,1-4H3,(H,15,16). The van der Waals surface area contributed by atoms with Crippen LogP contribution in [0.25, 0.3) is 0 Å². The summed E-state index contributed by atoms with van der Waals surface area (Å²) in [4.78, 5) is 11.0. The lowest BCUT2D eigenvalue weighted by Crippen LogP contribution is -2.19. The smallest absolute Gasteiger partial charge is 0.337 e. The molecule has 0 saturated carbocycles. The van der Waals surface area contributed by atoms with Gasteiger partial charge >= 0.3 is 5.97 Å². The van der Waals surface area contributed by atoms with Gasteiger partial charge in [0.25, 0.3) is 0 Å². The highest BCUT2D eigenvalue weighted by Gasteiger charge is 2.15. The zero-order valence-corrected chi connectivity index (χ0v) is 10.7. The average Bonchev–Trinajstić information content (AvgIpc) is 2.22. The number of benzene rings is 1. The second-order valence-corrected chi connectivity index (χ2v) is 4.57. The molecule has 4 heteroatoms. The van der Waals surface area contributed by atoms with Crippen molar-refractivity contribution in [2.75, 3.05) is 5.73 Å². The first-order valence-corrected chi connectivity index (χ1v) is 5.63. The second kappa shape index (κ2) is 5.08. The van der Waals surface area contributed by atoms with E-state index in [0.29, 0.717) is 17.4 Å². The molecule has 1 aromatic carbocycles. The minimum atomic E-state index is -1.03. The van der Waals surface area contributed by atoms with Gasteiger partial charge in [-0.3, -0.25) is 0 Å². The summed E-state index contributed by atoms with van der Waals surface area (Å²) in [6, 6.07) is 3.24. The van der Waals surface area contributed by atoms with Crippen LogP contribution in [-0.2, 0) is 0 Å². The highest BCUT2D eigenvalue weighted by Crippen LogP contribution is 2.26. The van der Waals surface area contributed by atoms with Crippen LogP contribution >= 0.6 is 0 Å². The monoisotopic (exact) mass is 237 g/mol. The summed E-state index contributed by atoms with van der Waals surface area (Å²) >= 11 is 0. The number of carboxylic acid groups (broad SMARTS) is 1. The van der Waals surface area contributed by atoms with Crippen molar-refractivity contribution >= 4 is 11.7 Å². The highest BCUT2D eigenvalue weighted by molar-refractivity contribution is 5.95. The van der Waals surface area contributed by atoms with E-state index in [1.807, 2.05) is 20.8 Å².